The second-order valence-electron chi connectivity index (χ2n) is 12.6. The number of methoxy groups -OCH3 is 1. The Hall–Kier alpha value is -5.02. The summed E-state index contributed by atoms with van der Waals surface area (Å²) in [4.78, 5) is 26.2. The summed E-state index contributed by atoms with van der Waals surface area (Å²) < 4.78 is 23.5. The molecule has 7 rings (SSSR count). The number of ether oxygens (including phenoxy) is 4. The number of benzene rings is 5. The van der Waals surface area contributed by atoms with E-state index in [0.29, 0.717) is 54.1 Å². The predicted octanol–water partition coefficient (Wildman–Crippen LogP) is 7.67. The van der Waals surface area contributed by atoms with Gasteiger partial charge in [0.2, 0.25) is 5.91 Å². The number of hydrogen-bond acceptors (Lipinski definition) is 7. The minimum absolute atomic E-state index is 0.267. The summed E-state index contributed by atoms with van der Waals surface area (Å²) in [5.41, 5.74) is 7.00. The summed E-state index contributed by atoms with van der Waals surface area (Å²) >= 11 is 12.1. The molecule has 0 spiro atoms. The molecule has 3 atom stereocenters. The number of fused-ring (bicyclic) bond motifs is 2. The van der Waals surface area contributed by atoms with Crippen molar-refractivity contribution in [3.8, 4) is 28.4 Å². The van der Waals surface area contributed by atoms with Crippen LogP contribution >= 0.6 is 23.2 Å². The van der Waals surface area contributed by atoms with Crippen LogP contribution in [0.25, 0.3) is 11.1 Å². The van der Waals surface area contributed by atoms with Gasteiger partial charge in [0.05, 0.1) is 23.2 Å². The summed E-state index contributed by atoms with van der Waals surface area (Å²) in [5.74, 6) is 1.25. The van der Waals surface area contributed by atoms with Crippen molar-refractivity contribution in [3.63, 3.8) is 0 Å². The highest BCUT2D eigenvalue weighted by atomic mass is 35.5. The van der Waals surface area contributed by atoms with Gasteiger partial charge in [-0.1, -0.05) is 96.0 Å². The molecular weight excluding hydrogens is 687 g/mol. The maximum Gasteiger partial charge on any atom is 0.328 e. The number of carbonyl (C=O) groups excluding carboxylic acids is 2. The van der Waals surface area contributed by atoms with Crippen LogP contribution in [0.5, 0.6) is 17.2 Å². The van der Waals surface area contributed by atoms with Gasteiger partial charge < -0.3 is 29.6 Å². The Kier molecular flexibility index (Phi) is 10.4. The fourth-order valence-electron chi connectivity index (χ4n) is 6.31. The molecule has 51 heavy (non-hydrogen) atoms. The summed E-state index contributed by atoms with van der Waals surface area (Å²) in [7, 11) is 1.33. The third-order valence-electron chi connectivity index (χ3n) is 9.15. The number of amides is 1. The van der Waals surface area contributed by atoms with E-state index in [4.69, 9.17) is 42.1 Å². The van der Waals surface area contributed by atoms with E-state index in [-0.39, 0.29) is 12.0 Å². The van der Waals surface area contributed by atoms with Gasteiger partial charge in [0.1, 0.15) is 25.0 Å². The van der Waals surface area contributed by atoms with Gasteiger partial charge in [0.25, 0.3) is 0 Å². The lowest BCUT2D eigenvalue weighted by Gasteiger charge is -2.31. The zero-order valence-corrected chi connectivity index (χ0v) is 29.4. The highest BCUT2D eigenvalue weighted by Gasteiger charge is 2.31. The van der Waals surface area contributed by atoms with Crippen molar-refractivity contribution in [2.45, 2.75) is 44.2 Å². The summed E-state index contributed by atoms with van der Waals surface area (Å²) in [6.45, 7) is 1.16. The highest BCUT2D eigenvalue weighted by molar-refractivity contribution is 6.42. The standard InChI is InChI=1S/C41H36Cl2N2O6/c1-48-41(47)36(18-25-7-10-28(11-8-25)27-5-3-2-4-6-27)45-40(46)35-19-30-20-37-38(21-31(30)22-44-35)51-39(24-50-37)29-12-14-32(15-13-29)49-23-26-9-16-33(42)34(43)17-26/h2-17,20-21,35-36,39,44H,18-19,22-24H2,1H3,(H,45,46)/t35?,36-,39+/m0/s1. The van der Waals surface area contributed by atoms with E-state index in [0.717, 1.165) is 44.7 Å². The maximum atomic E-state index is 13.5. The molecule has 1 amide bonds. The SMILES string of the molecule is COC(=O)[C@H](Cc1ccc(-c2ccccc2)cc1)NC(=O)C1Cc2cc3c(cc2CN1)O[C@@H](c1ccc(OCc2ccc(Cl)c(Cl)c2)cc1)CO3. The van der Waals surface area contributed by atoms with Crippen LogP contribution in [-0.2, 0) is 40.3 Å². The molecular formula is C41H36Cl2N2O6. The molecule has 0 fully saturated rings. The summed E-state index contributed by atoms with van der Waals surface area (Å²) in [5, 5.41) is 7.25. The van der Waals surface area contributed by atoms with Gasteiger partial charge in [-0.3, -0.25) is 4.79 Å². The van der Waals surface area contributed by atoms with E-state index in [1.165, 1.54) is 7.11 Å². The van der Waals surface area contributed by atoms with E-state index in [2.05, 4.69) is 10.6 Å². The van der Waals surface area contributed by atoms with Crippen molar-refractivity contribution >= 4 is 35.1 Å². The first-order valence-corrected chi connectivity index (χ1v) is 17.5. The molecule has 0 aliphatic carbocycles. The lowest BCUT2D eigenvalue weighted by atomic mass is 9.94. The Morgan fingerprint density at radius 3 is 2.31 bits per heavy atom. The molecule has 0 bridgehead atoms. The number of carbonyl (C=O) groups is 2. The second kappa shape index (κ2) is 15.5. The average molecular weight is 724 g/mol. The van der Waals surface area contributed by atoms with Gasteiger partial charge in [0, 0.05) is 13.0 Å². The smallest absolute Gasteiger partial charge is 0.328 e. The number of halogens is 2. The third kappa shape index (κ3) is 8.15. The third-order valence-corrected chi connectivity index (χ3v) is 9.89. The first-order chi connectivity index (χ1) is 24.8. The molecule has 2 N–H and O–H groups in total. The van der Waals surface area contributed by atoms with Crippen LogP contribution in [0.15, 0.2) is 109 Å². The Morgan fingerprint density at radius 1 is 0.843 bits per heavy atom. The van der Waals surface area contributed by atoms with Crippen LogP contribution in [0.1, 0.15) is 33.9 Å². The number of rotatable bonds is 10. The van der Waals surface area contributed by atoms with Crippen molar-refractivity contribution < 1.29 is 28.5 Å². The van der Waals surface area contributed by atoms with Gasteiger partial charge in [0.15, 0.2) is 17.6 Å². The predicted molar refractivity (Wildman–Crippen MR) is 196 cm³/mol. The zero-order chi connectivity index (χ0) is 35.3. The molecule has 8 nitrogen and oxygen atoms in total. The molecule has 10 heteroatoms. The van der Waals surface area contributed by atoms with Crippen LogP contribution < -0.4 is 24.8 Å². The maximum absolute atomic E-state index is 13.5. The number of hydrogen-bond donors (Lipinski definition) is 2. The van der Waals surface area contributed by atoms with Crippen molar-refractivity contribution in [2.24, 2.45) is 0 Å². The first kappa shape index (κ1) is 34.4. The first-order valence-electron chi connectivity index (χ1n) is 16.7. The van der Waals surface area contributed by atoms with Crippen LogP contribution in [0, 0.1) is 0 Å². The summed E-state index contributed by atoms with van der Waals surface area (Å²) in [6.07, 6.45) is 0.454. The van der Waals surface area contributed by atoms with E-state index in [9.17, 15) is 9.59 Å². The van der Waals surface area contributed by atoms with Crippen LogP contribution in [0.2, 0.25) is 10.0 Å². The Bertz CT molecular complexity index is 2020. The van der Waals surface area contributed by atoms with E-state index in [1.54, 1.807) is 12.1 Å². The fourth-order valence-corrected chi connectivity index (χ4v) is 6.63. The van der Waals surface area contributed by atoms with Gasteiger partial charge in [-0.15, -0.1) is 0 Å². The molecule has 0 radical (unpaired) electrons. The van der Waals surface area contributed by atoms with E-state index < -0.39 is 18.1 Å². The van der Waals surface area contributed by atoms with Crippen LogP contribution in [0.3, 0.4) is 0 Å². The topological polar surface area (TPSA) is 95.1 Å². The van der Waals surface area contributed by atoms with Crippen molar-refractivity contribution in [2.75, 3.05) is 13.7 Å². The number of nitrogens with one attached hydrogen (secondary N) is 2. The largest absolute Gasteiger partial charge is 0.489 e. The molecule has 0 saturated heterocycles. The lowest BCUT2D eigenvalue weighted by Crippen LogP contribution is -2.53. The summed E-state index contributed by atoms with van der Waals surface area (Å²) in [6, 6.07) is 33.8. The molecule has 5 aromatic rings. The molecule has 2 aliphatic rings. The van der Waals surface area contributed by atoms with Gasteiger partial charge >= 0.3 is 5.97 Å². The van der Waals surface area contributed by atoms with Gasteiger partial charge in [-0.25, -0.2) is 4.79 Å². The van der Waals surface area contributed by atoms with Gasteiger partial charge in [-0.2, -0.15) is 0 Å². The molecule has 5 aromatic carbocycles. The highest BCUT2D eigenvalue weighted by Crippen LogP contribution is 2.40. The Balaban J connectivity index is 0.953. The van der Waals surface area contributed by atoms with Crippen molar-refractivity contribution in [1.82, 2.24) is 10.6 Å². The molecule has 2 aliphatic heterocycles. The molecule has 2 heterocycles. The van der Waals surface area contributed by atoms with Gasteiger partial charge in [-0.05, 0) is 81.8 Å². The fraction of sp³-hybridized carbons (Fsp3) is 0.220. The van der Waals surface area contributed by atoms with Crippen molar-refractivity contribution in [3.05, 3.63) is 147 Å². The molecule has 260 valence electrons. The van der Waals surface area contributed by atoms with E-state index >= 15 is 0 Å². The zero-order valence-electron chi connectivity index (χ0n) is 27.9. The monoisotopic (exact) mass is 722 g/mol. The normalized spacial score (nSPS) is 16.8. The molecule has 0 aromatic heterocycles. The van der Waals surface area contributed by atoms with Crippen molar-refractivity contribution in [1.29, 1.82) is 0 Å². The quantitative estimate of drug-likeness (QED) is 0.143. The van der Waals surface area contributed by atoms with Crippen LogP contribution in [-0.4, -0.2) is 37.7 Å². The minimum Gasteiger partial charge on any atom is -0.489 e. The lowest BCUT2D eigenvalue weighted by molar-refractivity contribution is -0.145. The Labute approximate surface area is 306 Å². The van der Waals surface area contributed by atoms with Crippen LogP contribution in [0.4, 0.5) is 0 Å². The number of esters is 1. The molecule has 0 saturated carbocycles. The van der Waals surface area contributed by atoms with E-state index in [1.807, 2.05) is 97.1 Å². The molecule has 1 unspecified atom stereocenters. The second-order valence-corrected chi connectivity index (χ2v) is 13.4. The minimum atomic E-state index is -0.825. The Morgan fingerprint density at radius 2 is 1.57 bits per heavy atom. The average Bonchev–Trinajstić information content (AvgIpc) is 3.17.